The van der Waals surface area contributed by atoms with Crippen LogP contribution in [0, 0.1) is 11.3 Å². The molecule has 19 heavy (non-hydrogen) atoms. The number of nitriles is 1. The van der Waals surface area contributed by atoms with Crippen LogP contribution >= 0.6 is 11.8 Å². The van der Waals surface area contributed by atoms with E-state index < -0.39 is 0 Å². The van der Waals surface area contributed by atoms with Crippen molar-refractivity contribution in [3.63, 3.8) is 0 Å². The number of rotatable bonds is 9. The van der Waals surface area contributed by atoms with Gasteiger partial charge in [0.1, 0.15) is 11.3 Å². The zero-order chi connectivity index (χ0) is 14.1. The van der Waals surface area contributed by atoms with Crippen molar-refractivity contribution in [1.29, 1.82) is 5.26 Å². The lowest BCUT2D eigenvalue weighted by molar-refractivity contribution is 0.372. The molecule has 0 aliphatic carbocycles. The van der Waals surface area contributed by atoms with Crippen molar-refractivity contribution in [1.82, 2.24) is 5.32 Å². The smallest absolute Gasteiger partial charge is 0.113 e. The van der Waals surface area contributed by atoms with Crippen molar-refractivity contribution in [3.05, 3.63) is 24.2 Å². The average molecular weight is 280 g/mol. The van der Waals surface area contributed by atoms with Crippen LogP contribution in [0.25, 0.3) is 0 Å². The monoisotopic (exact) mass is 280 g/mol. The van der Waals surface area contributed by atoms with Crippen LogP contribution in [0.15, 0.2) is 22.8 Å². The van der Waals surface area contributed by atoms with Gasteiger partial charge in [-0.05, 0) is 57.9 Å². The van der Waals surface area contributed by atoms with E-state index in [2.05, 4.69) is 25.2 Å². The van der Waals surface area contributed by atoms with Crippen molar-refractivity contribution < 1.29 is 4.42 Å². The highest BCUT2D eigenvalue weighted by molar-refractivity contribution is 7.98. The minimum absolute atomic E-state index is 0.345. The molecule has 1 aromatic rings. The fourth-order valence-electron chi connectivity index (χ4n) is 2.05. The molecule has 106 valence electrons. The molecule has 0 fully saturated rings. The Balaban J connectivity index is 2.11. The van der Waals surface area contributed by atoms with Crippen LogP contribution in [-0.4, -0.2) is 17.3 Å². The molecule has 0 aliphatic rings. The first-order valence-corrected chi connectivity index (χ1v) is 8.00. The summed E-state index contributed by atoms with van der Waals surface area (Å²) in [7, 11) is 0. The number of nitrogens with zero attached hydrogens (tertiary/aromatic N) is 1. The molecule has 0 saturated heterocycles. The molecule has 1 heterocycles. The number of furan rings is 1. The Labute approximate surface area is 120 Å². The third-order valence-corrected chi connectivity index (χ3v) is 3.96. The van der Waals surface area contributed by atoms with E-state index in [1.807, 2.05) is 30.8 Å². The Hall–Kier alpha value is -0.920. The molecule has 3 nitrogen and oxygen atoms in total. The highest BCUT2D eigenvalue weighted by Crippen LogP contribution is 2.18. The topological polar surface area (TPSA) is 49.0 Å². The fraction of sp³-hybridized carbons (Fsp3) is 0.667. The van der Waals surface area contributed by atoms with E-state index in [1.54, 1.807) is 6.26 Å². The molecular formula is C15H24N2OS. The Morgan fingerprint density at radius 2 is 2.26 bits per heavy atom. The van der Waals surface area contributed by atoms with Gasteiger partial charge in [-0.1, -0.05) is 0 Å². The van der Waals surface area contributed by atoms with Gasteiger partial charge < -0.3 is 4.42 Å². The Morgan fingerprint density at radius 1 is 1.47 bits per heavy atom. The number of hydrogen-bond acceptors (Lipinski definition) is 4. The van der Waals surface area contributed by atoms with Gasteiger partial charge in [-0.2, -0.15) is 17.0 Å². The van der Waals surface area contributed by atoms with Crippen molar-refractivity contribution in [2.75, 3.05) is 5.75 Å². The van der Waals surface area contributed by atoms with Crippen molar-refractivity contribution in [3.8, 4) is 6.07 Å². The predicted octanol–water partition coefficient (Wildman–Crippen LogP) is 3.96. The summed E-state index contributed by atoms with van der Waals surface area (Å²) in [6.07, 6.45) is 4.84. The summed E-state index contributed by atoms with van der Waals surface area (Å²) in [5.41, 5.74) is -0.389. The molecule has 0 aromatic carbocycles. The van der Waals surface area contributed by atoms with Gasteiger partial charge in [0.2, 0.25) is 0 Å². The molecule has 0 bridgehead atoms. The first kappa shape index (κ1) is 16.1. The van der Waals surface area contributed by atoms with Crippen LogP contribution in [0.3, 0.4) is 0 Å². The second kappa shape index (κ2) is 8.29. The van der Waals surface area contributed by atoms with Gasteiger partial charge >= 0.3 is 0 Å². The average Bonchev–Trinajstić information content (AvgIpc) is 2.86. The molecule has 0 saturated carbocycles. The second-order valence-electron chi connectivity index (χ2n) is 5.33. The van der Waals surface area contributed by atoms with Gasteiger partial charge in [0, 0.05) is 6.04 Å². The zero-order valence-electron chi connectivity index (χ0n) is 12.1. The minimum Gasteiger partial charge on any atom is -0.468 e. The Kier molecular flexibility index (Phi) is 7.04. The minimum atomic E-state index is -0.389. The van der Waals surface area contributed by atoms with Gasteiger partial charge in [-0.15, -0.1) is 0 Å². The Morgan fingerprint density at radius 3 is 2.84 bits per heavy atom. The van der Waals surface area contributed by atoms with Gasteiger partial charge in [0.25, 0.3) is 0 Å². The van der Waals surface area contributed by atoms with Crippen LogP contribution < -0.4 is 5.32 Å². The Bertz CT molecular complexity index is 383. The maximum absolute atomic E-state index is 9.23. The van der Waals surface area contributed by atoms with Crippen LogP contribution in [0.5, 0.6) is 0 Å². The van der Waals surface area contributed by atoms with Crippen LogP contribution in [0.4, 0.5) is 0 Å². The summed E-state index contributed by atoms with van der Waals surface area (Å²) in [6.45, 7) is 6.15. The first-order chi connectivity index (χ1) is 9.06. The van der Waals surface area contributed by atoms with Crippen LogP contribution in [0.1, 0.15) is 45.8 Å². The molecule has 1 unspecified atom stereocenters. The lowest BCUT2D eigenvalue weighted by Gasteiger charge is -2.25. The highest BCUT2D eigenvalue weighted by atomic mass is 32.2. The largest absolute Gasteiger partial charge is 0.468 e. The summed E-state index contributed by atoms with van der Waals surface area (Å²) in [6, 6.07) is 6.66. The molecule has 0 amide bonds. The van der Waals surface area contributed by atoms with Crippen molar-refractivity contribution in [2.45, 2.75) is 57.4 Å². The summed E-state index contributed by atoms with van der Waals surface area (Å²) < 4.78 is 5.28. The first-order valence-electron chi connectivity index (χ1n) is 6.85. The van der Waals surface area contributed by atoms with Crippen molar-refractivity contribution in [2.24, 2.45) is 0 Å². The molecule has 1 rings (SSSR count). The van der Waals surface area contributed by atoms with E-state index in [0.717, 1.165) is 36.5 Å². The van der Waals surface area contributed by atoms with E-state index in [4.69, 9.17) is 4.42 Å². The molecule has 0 aliphatic heterocycles. The van der Waals surface area contributed by atoms with E-state index >= 15 is 0 Å². The van der Waals surface area contributed by atoms with E-state index in [0.29, 0.717) is 6.04 Å². The van der Waals surface area contributed by atoms with Gasteiger partial charge in [0.05, 0.1) is 18.1 Å². The maximum Gasteiger partial charge on any atom is 0.113 e. The lowest BCUT2D eigenvalue weighted by Crippen LogP contribution is -2.44. The summed E-state index contributed by atoms with van der Waals surface area (Å²) in [5.74, 6) is 3.09. The van der Waals surface area contributed by atoms with E-state index in [-0.39, 0.29) is 5.54 Å². The van der Waals surface area contributed by atoms with Crippen LogP contribution in [-0.2, 0) is 5.75 Å². The molecule has 1 aromatic heterocycles. The summed E-state index contributed by atoms with van der Waals surface area (Å²) >= 11 is 1.89. The van der Waals surface area contributed by atoms with E-state index in [9.17, 15) is 5.26 Å². The highest BCUT2D eigenvalue weighted by Gasteiger charge is 2.23. The quantitative estimate of drug-likeness (QED) is 0.695. The second-order valence-corrected chi connectivity index (χ2v) is 6.44. The van der Waals surface area contributed by atoms with E-state index in [1.165, 1.54) is 0 Å². The zero-order valence-corrected chi connectivity index (χ0v) is 12.9. The molecule has 1 N–H and O–H groups in total. The number of unbranched alkanes of at least 4 members (excludes halogenated alkanes) is 1. The van der Waals surface area contributed by atoms with Gasteiger partial charge in [-0.3, -0.25) is 5.32 Å². The van der Waals surface area contributed by atoms with Gasteiger partial charge in [0.15, 0.2) is 0 Å². The van der Waals surface area contributed by atoms with Gasteiger partial charge in [-0.25, -0.2) is 0 Å². The SMILES string of the molecule is CC(C)NC(C)(C#N)CCCCSCc1ccco1. The predicted molar refractivity (Wildman–Crippen MR) is 81.0 cm³/mol. The third kappa shape index (κ3) is 6.70. The maximum atomic E-state index is 9.23. The number of thioether (sulfide) groups is 1. The number of hydrogen-bond donors (Lipinski definition) is 1. The van der Waals surface area contributed by atoms with Crippen molar-refractivity contribution >= 4 is 11.8 Å². The molecule has 1 atom stereocenters. The fourth-order valence-corrected chi connectivity index (χ4v) is 2.97. The molecule has 0 radical (unpaired) electrons. The third-order valence-electron chi connectivity index (χ3n) is 2.89. The molecule has 0 spiro atoms. The summed E-state index contributed by atoms with van der Waals surface area (Å²) in [4.78, 5) is 0. The molecule has 4 heteroatoms. The standard InChI is InChI=1S/C15H24N2OS/c1-13(2)17-15(3,12-16)8-4-5-10-19-11-14-7-6-9-18-14/h6-7,9,13,17H,4-5,8,10-11H2,1-3H3. The molecular weight excluding hydrogens is 256 g/mol. The normalized spacial score (nSPS) is 14.3. The summed E-state index contributed by atoms with van der Waals surface area (Å²) in [5, 5.41) is 12.6. The lowest BCUT2D eigenvalue weighted by atomic mass is 9.96. The van der Waals surface area contributed by atoms with Crippen LogP contribution in [0.2, 0.25) is 0 Å². The number of nitrogens with one attached hydrogen (secondary N) is 1.